The number of para-hydroxylation sites is 1. The second kappa shape index (κ2) is 10.4. The predicted octanol–water partition coefficient (Wildman–Crippen LogP) is 7.78. The lowest BCUT2D eigenvalue weighted by Gasteiger charge is -2.44. The third kappa shape index (κ3) is 4.16. The Bertz CT molecular complexity index is 1530. The summed E-state index contributed by atoms with van der Waals surface area (Å²) in [6.07, 6.45) is 0. The molecule has 1 atom stereocenters. The van der Waals surface area contributed by atoms with Gasteiger partial charge in [-0.25, -0.2) is 0 Å². The van der Waals surface area contributed by atoms with Crippen molar-refractivity contribution < 1.29 is 24.4 Å². The molecule has 0 aromatic heterocycles. The van der Waals surface area contributed by atoms with E-state index in [0.717, 1.165) is 11.1 Å². The van der Waals surface area contributed by atoms with E-state index in [9.17, 15) is 15.3 Å². The van der Waals surface area contributed by atoms with Crippen molar-refractivity contribution in [2.75, 3.05) is 0 Å². The second-order valence-electron chi connectivity index (χ2n) is 9.01. The van der Waals surface area contributed by atoms with Gasteiger partial charge in [0.05, 0.1) is 5.30 Å². The zero-order valence-electron chi connectivity index (χ0n) is 21.7. The van der Waals surface area contributed by atoms with Crippen LogP contribution in [-0.2, 0) is 9.72 Å². The fraction of sp³-hybridized carbons (Fsp3) is 0.0909. The molecular weight excluding hydrogens is 507 g/mol. The van der Waals surface area contributed by atoms with E-state index in [0.29, 0.717) is 27.7 Å². The molecule has 6 heteroatoms. The van der Waals surface area contributed by atoms with E-state index in [1.807, 2.05) is 62.4 Å². The third-order valence-electron chi connectivity index (χ3n) is 6.92. The van der Waals surface area contributed by atoms with Gasteiger partial charge in [0, 0.05) is 5.56 Å². The largest absolute Gasteiger partial charge is 0.508 e. The molecule has 3 N–H and O–H groups in total. The molecule has 1 unspecified atom stereocenters. The van der Waals surface area contributed by atoms with Crippen LogP contribution in [0.25, 0.3) is 11.1 Å². The fourth-order valence-corrected chi connectivity index (χ4v) is 8.58. The molecule has 0 radical (unpaired) electrons. The van der Waals surface area contributed by atoms with Crippen molar-refractivity contribution in [3.8, 4) is 34.1 Å². The van der Waals surface area contributed by atoms with Crippen molar-refractivity contribution in [2.24, 2.45) is 0 Å². The monoisotopic (exact) mass is 536 g/mol. The first-order chi connectivity index (χ1) is 18.9. The summed E-state index contributed by atoms with van der Waals surface area (Å²) in [4.78, 5) is 0. The number of fused-ring (bicyclic) bond motifs is 3. The Labute approximate surface area is 228 Å². The van der Waals surface area contributed by atoms with Crippen LogP contribution < -0.4 is 9.83 Å². The zero-order chi connectivity index (χ0) is 27.6. The van der Waals surface area contributed by atoms with E-state index in [2.05, 4.69) is 0 Å². The van der Waals surface area contributed by atoms with Crippen molar-refractivity contribution in [1.82, 2.24) is 0 Å². The number of benzene rings is 5. The Morgan fingerprint density at radius 1 is 0.538 bits per heavy atom. The normalized spacial score (nSPS) is 15.6. The molecular formula is C33H29O5P. The van der Waals surface area contributed by atoms with Gasteiger partial charge in [-0.05, 0) is 70.8 Å². The van der Waals surface area contributed by atoms with Gasteiger partial charge in [0.15, 0.2) is 0 Å². The van der Waals surface area contributed by atoms with Gasteiger partial charge >= 0.3 is 0 Å². The maximum absolute atomic E-state index is 15.9. The van der Waals surface area contributed by atoms with Crippen molar-refractivity contribution in [2.45, 2.75) is 19.0 Å². The molecule has 1 aliphatic heterocycles. The van der Waals surface area contributed by atoms with Crippen molar-refractivity contribution >= 4 is 12.7 Å². The van der Waals surface area contributed by atoms with Gasteiger partial charge in [-0.1, -0.05) is 86.6 Å². The lowest BCUT2D eigenvalue weighted by atomic mass is 9.83. The lowest BCUT2D eigenvalue weighted by molar-refractivity contribution is 0.463. The number of hydrogen-bond acceptors (Lipinski definition) is 5. The molecule has 0 bridgehead atoms. The van der Waals surface area contributed by atoms with Crippen LogP contribution in [0.3, 0.4) is 0 Å². The first-order valence-electron chi connectivity index (χ1n) is 12.8. The smallest absolute Gasteiger partial charge is 0.296 e. The molecule has 5 nitrogen and oxygen atoms in total. The van der Waals surface area contributed by atoms with E-state index in [1.165, 1.54) is 0 Å². The van der Waals surface area contributed by atoms with Crippen LogP contribution in [0.2, 0.25) is 0 Å². The van der Waals surface area contributed by atoms with Crippen molar-refractivity contribution in [3.63, 3.8) is 0 Å². The highest BCUT2D eigenvalue weighted by Crippen LogP contribution is 2.71. The minimum absolute atomic E-state index is 0.0719. The van der Waals surface area contributed by atoms with Crippen LogP contribution in [0.5, 0.6) is 23.0 Å². The van der Waals surface area contributed by atoms with Gasteiger partial charge in [-0.15, -0.1) is 0 Å². The highest BCUT2D eigenvalue weighted by Gasteiger charge is 2.57. The second-order valence-corrected chi connectivity index (χ2v) is 11.4. The van der Waals surface area contributed by atoms with Crippen molar-refractivity contribution in [3.05, 3.63) is 138 Å². The number of rotatable bonds is 4. The van der Waals surface area contributed by atoms with Crippen LogP contribution in [0.1, 0.15) is 30.5 Å². The molecule has 5 aromatic rings. The number of phenols is 3. The third-order valence-corrected chi connectivity index (χ3v) is 10.1. The minimum atomic E-state index is -3.93. The molecule has 0 saturated carbocycles. The Morgan fingerprint density at radius 3 is 1.38 bits per heavy atom. The molecule has 6 rings (SSSR count). The number of hydrogen-bond donors (Lipinski definition) is 3. The quantitative estimate of drug-likeness (QED) is 0.161. The molecule has 0 spiro atoms. The summed E-state index contributed by atoms with van der Waals surface area (Å²) in [5, 5.41) is 29.6. The van der Waals surface area contributed by atoms with Gasteiger partial charge in [0.1, 0.15) is 28.2 Å². The van der Waals surface area contributed by atoms with Crippen LogP contribution >= 0.6 is 7.37 Å². The highest BCUT2D eigenvalue weighted by atomic mass is 31.2. The lowest BCUT2D eigenvalue weighted by Crippen LogP contribution is -2.37. The van der Waals surface area contributed by atoms with Gasteiger partial charge in [-0.3, -0.25) is 4.57 Å². The molecule has 0 saturated heterocycles. The standard InChI is InChI=1S/C31H23O5P.C2H6/c32-24-15-9-21(10-16-24)31(22-11-17-25(33)18-12-22,23-13-19-26(34)20-14-23)37(35)30-8-4-2-6-28(30)27-5-1-3-7-29(27)36-37;1-2/h1-20,32-34H;1-2H3. The SMILES string of the molecule is CC.O=P1(C(c2ccc(O)cc2)(c2ccc(O)cc2)c2ccc(O)cc2)Oc2ccccc2-c2ccccc21. The van der Waals surface area contributed by atoms with Crippen LogP contribution in [0.4, 0.5) is 0 Å². The first kappa shape index (κ1) is 26.1. The maximum atomic E-state index is 15.9. The van der Waals surface area contributed by atoms with E-state index in [1.54, 1.807) is 72.8 Å². The summed E-state index contributed by atoms with van der Waals surface area (Å²) in [6.45, 7) is 4.00. The predicted molar refractivity (Wildman–Crippen MR) is 155 cm³/mol. The van der Waals surface area contributed by atoms with Crippen LogP contribution in [0, 0.1) is 0 Å². The summed E-state index contributed by atoms with van der Waals surface area (Å²) in [5.74, 6) is 0.721. The average molecular weight is 537 g/mol. The Hall–Kier alpha value is -4.47. The molecule has 0 fully saturated rings. The van der Waals surface area contributed by atoms with Crippen LogP contribution in [-0.4, -0.2) is 15.3 Å². The zero-order valence-corrected chi connectivity index (χ0v) is 22.5. The van der Waals surface area contributed by atoms with Crippen LogP contribution in [0.15, 0.2) is 121 Å². The highest BCUT2D eigenvalue weighted by molar-refractivity contribution is 7.69. The van der Waals surface area contributed by atoms with Crippen molar-refractivity contribution in [1.29, 1.82) is 0 Å². The summed E-state index contributed by atoms with van der Waals surface area (Å²) >= 11 is 0. The number of phenolic OH excluding ortho intramolecular Hbond substituents is 3. The molecule has 5 aromatic carbocycles. The van der Waals surface area contributed by atoms with E-state index in [4.69, 9.17) is 4.52 Å². The molecule has 0 aliphatic carbocycles. The number of aromatic hydroxyl groups is 3. The Morgan fingerprint density at radius 2 is 0.923 bits per heavy atom. The molecule has 0 amide bonds. The van der Waals surface area contributed by atoms with E-state index >= 15 is 4.57 Å². The first-order valence-corrected chi connectivity index (χ1v) is 14.4. The summed E-state index contributed by atoms with van der Waals surface area (Å²) in [7, 11) is -3.93. The van der Waals surface area contributed by atoms with Gasteiger partial charge in [0.25, 0.3) is 7.37 Å². The summed E-state index contributed by atoms with van der Waals surface area (Å²) < 4.78 is 22.5. The van der Waals surface area contributed by atoms with E-state index in [-0.39, 0.29) is 17.2 Å². The summed E-state index contributed by atoms with van der Waals surface area (Å²) in [5.41, 5.74) is 3.53. The molecule has 196 valence electrons. The Kier molecular flexibility index (Phi) is 6.94. The topological polar surface area (TPSA) is 87.0 Å². The molecule has 39 heavy (non-hydrogen) atoms. The minimum Gasteiger partial charge on any atom is -0.508 e. The van der Waals surface area contributed by atoms with Gasteiger partial charge < -0.3 is 19.8 Å². The maximum Gasteiger partial charge on any atom is 0.296 e. The Balaban J connectivity index is 0.00000151. The average Bonchev–Trinajstić information content (AvgIpc) is 2.97. The molecule has 1 aliphatic rings. The summed E-state index contributed by atoms with van der Waals surface area (Å²) in [6, 6.07) is 34.8. The van der Waals surface area contributed by atoms with E-state index < -0.39 is 12.5 Å². The fourth-order valence-electron chi connectivity index (χ4n) is 5.28. The van der Waals surface area contributed by atoms with Gasteiger partial charge in [0.2, 0.25) is 0 Å². The molecule has 1 heterocycles. The van der Waals surface area contributed by atoms with Gasteiger partial charge in [-0.2, -0.15) is 0 Å².